The quantitative estimate of drug-likeness (QED) is 0.817. The molecule has 0 spiro atoms. The summed E-state index contributed by atoms with van der Waals surface area (Å²) in [7, 11) is 0. The van der Waals surface area contributed by atoms with Crippen LogP contribution < -0.4 is 15.8 Å². The Morgan fingerprint density at radius 1 is 1.13 bits per heavy atom. The number of anilines is 2. The minimum atomic E-state index is -0.617. The molecule has 1 atom stereocenters. The third-order valence-corrected chi connectivity index (χ3v) is 3.68. The summed E-state index contributed by atoms with van der Waals surface area (Å²) in [6, 6.07) is 13.2. The number of hydrogen-bond acceptors (Lipinski definition) is 3. The molecule has 1 amide bonds. The van der Waals surface area contributed by atoms with Crippen molar-refractivity contribution in [1.29, 1.82) is 0 Å². The summed E-state index contributed by atoms with van der Waals surface area (Å²) in [5, 5.41) is 2.80. The lowest BCUT2D eigenvalue weighted by Gasteiger charge is -2.19. The van der Waals surface area contributed by atoms with E-state index >= 15 is 0 Å². The van der Waals surface area contributed by atoms with Crippen molar-refractivity contribution in [3.8, 4) is 5.75 Å². The molecule has 0 bridgehead atoms. The summed E-state index contributed by atoms with van der Waals surface area (Å²) in [4.78, 5) is 12.3. The maximum atomic E-state index is 12.3. The normalized spacial score (nSPS) is 12.0. The number of para-hydroxylation sites is 2. The Morgan fingerprint density at radius 3 is 2.48 bits per heavy atom. The van der Waals surface area contributed by atoms with E-state index in [1.807, 2.05) is 25.1 Å². The Kier molecular flexibility index (Phi) is 5.27. The van der Waals surface area contributed by atoms with Crippen molar-refractivity contribution < 1.29 is 9.53 Å². The maximum Gasteiger partial charge on any atom is 0.265 e. The molecule has 2 aromatic rings. The lowest BCUT2D eigenvalue weighted by molar-refractivity contribution is -0.122. The van der Waals surface area contributed by atoms with E-state index in [0.29, 0.717) is 17.3 Å². The van der Waals surface area contributed by atoms with E-state index in [-0.39, 0.29) is 5.91 Å². The van der Waals surface area contributed by atoms with E-state index in [1.165, 1.54) is 0 Å². The molecule has 122 valence electrons. The van der Waals surface area contributed by atoms with Crippen LogP contribution in [0.4, 0.5) is 11.4 Å². The van der Waals surface area contributed by atoms with E-state index in [9.17, 15) is 4.79 Å². The van der Waals surface area contributed by atoms with Gasteiger partial charge in [0.25, 0.3) is 5.91 Å². The van der Waals surface area contributed by atoms with Crippen LogP contribution in [0.2, 0.25) is 0 Å². The minimum Gasteiger partial charge on any atom is -0.481 e. The van der Waals surface area contributed by atoms with Crippen LogP contribution in [0, 0.1) is 6.92 Å². The first-order valence-electron chi connectivity index (χ1n) is 7.81. The van der Waals surface area contributed by atoms with Gasteiger partial charge in [-0.05, 0) is 49.1 Å². The molecule has 3 N–H and O–H groups in total. The predicted molar refractivity (Wildman–Crippen MR) is 94.8 cm³/mol. The molecule has 0 heterocycles. The number of aryl methyl sites for hydroxylation is 1. The molecule has 4 nitrogen and oxygen atoms in total. The molecule has 0 aliphatic rings. The van der Waals surface area contributed by atoms with E-state index in [2.05, 4.69) is 31.3 Å². The van der Waals surface area contributed by atoms with E-state index in [0.717, 1.165) is 16.9 Å². The second kappa shape index (κ2) is 7.18. The van der Waals surface area contributed by atoms with Gasteiger partial charge in [0.15, 0.2) is 6.10 Å². The van der Waals surface area contributed by atoms with Gasteiger partial charge < -0.3 is 15.8 Å². The Labute approximate surface area is 137 Å². The van der Waals surface area contributed by atoms with Gasteiger partial charge >= 0.3 is 0 Å². The number of carbonyl (C=O) groups is 1. The first-order valence-corrected chi connectivity index (χ1v) is 7.81. The SMILES string of the molecule is Cc1ccc(C(C)C)c(OC(C)C(=O)Nc2ccccc2N)c1. The summed E-state index contributed by atoms with van der Waals surface area (Å²) in [5.41, 5.74) is 9.18. The fraction of sp³-hybridized carbons (Fsp3) is 0.316. The van der Waals surface area contributed by atoms with Gasteiger partial charge in [0, 0.05) is 0 Å². The highest BCUT2D eigenvalue weighted by atomic mass is 16.5. The Balaban J connectivity index is 2.13. The van der Waals surface area contributed by atoms with Crippen molar-refractivity contribution in [3.05, 3.63) is 53.6 Å². The smallest absolute Gasteiger partial charge is 0.265 e. The van der Waals surface area contributed by atoms with E-state index < -0.39 is 6.10 Å². The number of benzene rings is 2. The van der Waals surface area contributed by atoms with Gasteiger partial charge in [-0.15, -0.1) is 0 Å². The van der Waals surface area contributed by atoms with Crippen LogP contribution in [0.3, 0.4) is 0 Å². The molecular weight excluding hydrogens is 288 g/mol. The van der Waals surface area contributed by atoms with Crippen molar-refractivity contribution in [2.75, 3.05) is 11.1 Å². The number of nitrogens with two attached hydrogens (primary N) is 1. The van der Waals surface area contributed by atoms with Crippen LogP contribution >= 0.6 is 0 Å². The molecule has 0 aromatic heterocycles. The number of nitrogen functional groups attached to an aromatic ring is 1. The molecule has 0 fully saturated rings. The molecule has 23 heavy (non-hydrogen) atoms. The molecule has 0 aliphatic carbocycles. The monoisotopic (exact) mass is 312 g/mol. The minimum absolute atomic E-state index is 0.223. The molecule has 0 aliphatic heterocycles. The Hall–Kier alpha value is -2.49. The average molecular weight is 312 g/mol. The highest BCUT2D eigenvalue weighted by Crippen LogP contribution is 2.28. The zero-order valence-corrected chi connectivity index (χ0v) is 14.1. The lowest BCUT2D eigenvalue weighted by Crippen LogP contribution is -2.30. The number of rotatable bonds is 5. The molecule has 0 saturated heterocycles. The van der Waals surface area contributed by atoms with E-state index in [1.54, 1.807) is 19.1 Å². The number of nitrogens with one attached hydrogen (secondary N) is 1. The fourth-order valence-electron chi connectivity index (χ4n) is 2.31. The lowest BCUT2D eigenvalue weighted by atomic mass is 10.0. The topological polar surface area (TPSA) is 64.3 Å². The maximum absolute atomic E-state index is 12.3. The zero-order chi connectivity index (χ0) is 17.0. The van der Waals surface area contributed by atoms with Crippen molar-refractivity contribution >= 4 is 17.3 Å². The standard InChI is InChI=1S/C19H24N2O2/c1-12(2)15-10-9-13(3)11-18(15)23-14(4)19(22)21-17-8-6-5-7-16(17)20/h5-12,14H,20H2,1-4H3,(H,21,22). The van der Waals surface area contributed by atoms with Crippen LogP contribution in [0.5, 0.6) is 5.75 Å². The van der Waals surface area contributed by atoms with Gasteiger partial charge in [0.2, 0.25) is 0 Å². The van der Waals surface area contributed by atoms with Gasteiger partial charge in [0.05, 0.1) is 11.4 Å². The van der Waals surface area contributed by atoms with Crippen molar-refractivity contribution in [2.45, 2.75) is 39.7 Å². The van der Waals surface area contributed by atoms with Crippen LogP contribution in [-0.4, -0.2) is 12.0 Å². The second-order valence-electron chi connectivity index (χ2n) is 6.03. The molecule has 0 saturated carbocycles. The fourth-order valence-corrected chi connectivity index (χ4v) is 2.31. The van der Waals surface area contributed by atoms with Gasteiger partial charge in [-0.2, -0.15) is 0 Å². The number of ether oxygens (including phenoxy) is 1. The third kappa shape index (κ3) is 4.25. The highest BCUT2D eigenvalue weighted by Gasteiger charge is 2.18. The first kappa shape index (κ1) is 16.9. The van der Waals surface area contributed by atoms with Gasteiger partial charge in [-0.3, -0.25) is 4.79 Å². The first-order chi connectivity index (χ1) is 10.9. The van der Waals surface area contributed by atoms with Gasteiger partial charge in [0.1, 0.15) is 5.75 Å². The summed E-state index contributed by atoms with van der Waals surface area (Å²) in [6.07, 6.45) is -0.617. The number of amides is 1. The zero-order valence-electron chi connectivity index (χ0n) is 14.1. The van der Waals surface area contributed by atoms with Crippen LogP contribution in [-0.2, 0) is 4.79 Å². The van der Waals surface area contributed by atoms with Crippen molar-refractivity contribution in [3.63, 3.8) is 0 Å². The Morgan fingerprint density at radius 2 is 1.83 bits per heavy atom. The van der Waals surface area contributed by atoms with Crippen LogP contribution in [0.15, 0.2) is 42.5 Å². The molecule has 2 rings (SSSR count). The van der Waals surface area contributed by atoms with Crippen molar-refractivity contribution in [1.82, 2.24) is 0 Å². The number of hydrogen-bond donors (Lipinski definition) is 2. The predicted octanol–water partition coefficient (Wildman–Crippen LogP) is 4.11. The summed E-state index contributed by atoms with van der Waals surface area (Å²) in [5.74, 6) is 0.855. The van der Waals surface area contributed by atoms with Gasteiger partial charge in [-0.1, -0.05) is 38.1 Å². The third-order valence-electron chi connectivity index (χ3n) is 3.68. The second-order valence-corrected chi connectivity index (χ2v) is 6.03. The molecule has 2 aromatic carbocycles. The summed E-state index contributed by atoms with van der Waals surface area (Å²) in [6.45, 7) is 7.95. The van der Waals surface area contributed by atoms with E-state index in [4.69, 9.17) is 10.5 Å². The van der Waals surface area contributed by atoms with Crippen LogP contribution in [0.1, 0.15) is 37.8 Å². The van der Waals surface area contributed by atoms with Gasteiger partial charge in [-0.25, -0.2) is 0 Å². The number of carbonyl (C=O) groups excluding carboxylic acids is 1. The molecule has 4 heteroatoms. The molecular formula is C19H24N2O2. The van der Waals surface area contributed by atoms with Crippen molar-refractivity contribution in [2.24, 2.45) is 0 Å². The molecule has 0 radical (unpaired) electrons. The van der Waals surface area contributed by atoms with Crippen LogP contribution in [0.25, 0.3) is 0 Å². The summed E-state index contributed by atoms with van der Waals surface area (Å²) >= 11 is 0. The highest BCUT2D eigenvalue weighted by molar-refractivity contribution is 5.96. The summed E-state index contributed by atoms with van der Waals surface area (Å²) < 4.78 is 5.91. The molecule has 1 unspecified atom stereocenters. The average Bonchev–Trinajstić information content (AvgIpc) is 2.49. The largest absolute Gasteiger partial charge is 0.481 e. The Bertz CT molecular complexity index is 696.